The minimum Gasteiger partial charge on any atom is -0.479 e. The molecule has 29 heavy (non-hydrogen) atoms. The normalized spacial score (nSPS) is 10.5. The highest BCUT2D eigenvalue weighted by atomic mass is 16.5. The van der Waals surface area contributed by atoms with Crippen molar-refractivity contribution < 1.29 is 9.53 Å². The fourth-order valence-corrected chi connectivity index (χ4v) is 3.20. The Morgan fingerprint density at radius 3 is 2.59 bits per heavy atom. The molecule has 142 valence electrons. The predicted molar refractivity (Wildman–Crippen MR) is 111 cm³/mol. The Bertz CT molecular complexity index is 1210. The summed E-state index contributed by atoms with van der Waals surface area (Å²) >= 11 is 0. The first-order valence-corrected chi connectivity index (χ1v) is 9.11. The number of amides is 1. The van der Waals surface area contributed by atoms with E-state index in [1.54, 1.807) is 36.4 Å². The van der Waals surface area contributed by atoms with Crippen LogP contribution in [0.5, 0.6) is 5.75 Å². The maximum absolute atomic E-state index is 12.7. The fraction of sp³-hybridized carbons (Fsp3) is 0.0870. The Morgan fingerprint density at radius 1 is 1.10 bits per heavy atom. The second-order valence-electron chi connectivity index (χ2n) is 6.46. The highest BCUT2D eigenvalue weighted by Gasteiger charge is 2.13. The van der Waals surface area contributed by atoms with Gasteiger partial charge < -0.3 is 10.1 Å². The molecule has 0 fully saturated rings. The van der Waals surface area contributed by atoms with Crippen molar-refractivity contribution in [3.05, 3.63) is 84.2 Å². The fourth-order valence-electron chi connectivity index (χ4n) is 3.20. The van der Waals surface area contributed by atoms with Gasteiger partial charge in [0.25, 0.3) is 5.91 Å². The highest BCUT2D eigenvalue weighted by molar-refractivity contribution is 6.06. The van der Waals surface area contributed by atoms with E-state index in [9.17, 15) is 4.79 Å². The van der Waals surface area contributed by atoms with Crippen molar-refractivity contribution in [2.45, 2.75) is 6.92 Å². The number of rotatable bonds is 5. The topological polar surface area (TPSA) is 79.9 Å². The largest absolute Gasteiger partial charge is 0.479 e. The number of para-hydroxylation sites is 1. The molecule has 6 nitrogen and oxygen atoms in total. The maximum Gasteiger partial charge on any atom is 0.255 e. The van der Waals surface area contributed by atoms with Crippen LogP contribution in [-0.2, 0) is 0 Å². The summed E-state index contributed by atoms with van der Waals surface area (Å²) in [4.78, 5) is 17.3. The van der Waals surface area contributed by atoms with E-state index in [-0.39, 0.29) is 12.5 Å². The molecule has 1 aromatic heterocycles. The summed E-state index contributed by atoms with van der Waals surface area (Å²) < 4.78 is 7.28. The van der Waals surface area contributed by atoms with Gasteiger partial charge in [0, 0.05) is 16.9 Å². The van der Waals surface area contributed by atoms with Gasteiger partial charge in [-0.1, -0.05) is 18.2 Å². The summed E-state index contributed by atoms with van der Waals surface area (Å²) in [6.07, 6.45) is 0. The third-order valence-corrected chi connectivity index (χ3v) is 4.51. The van der Waals surface area contributed by atoms with E-state index in [4.69, 9.17) is 10.00 Å². The first-order chi connectivity index (χ1) is 14.2. The summed E-state index contributed by atoms with van der Waals surface area (Å²) in [5.41, 5.74) is 3.91. The molecule has 3 aromatic carbocycles. The Labute approximate surface area is 168 Å². The van der Waals surface area contributed by atoms with E-state index >= 15 is 0 Å². The number of benzene rings is 3. The number of aryl methyl sites for hydroxylation is 1. The van der Waals surface area contributed by atoms with Gasteiger partial charge in [0.1, 0.15) is 17.6 Å². The van der Waals surface area contributed by atoms with Gasteiger partial charge in [0.05, 0.1) is 11.0 Å². The van der Waals surface area contributed by atoms with E-state index in [0.29, 0.717) is 17.0 Å². The number of carbonyl (C=O) groups excluding carboxylic acids is 1. The second-order valence-corrected chi connectivity index (χ2v) is 6.46. The number of nitriles is 1. The Morgan fingerprint density at radius 2 is 1.86 bits per heavy atom. The lowest BCUT2D eigenvalue weighted by Gasteiger charge is -2.08. The number of hydrogen-bond acceptors (Lipinski definition) is 4. The van der Waals surface area contributed by atoms with E-state index in [2.05, 4.69) is 14.9 Å². The van der Waals surface area contributed by atoms with Crippen LogP contribution in [-0.4, -0.2) is 22.1 Å². The molecular weight excluding hydrogens is 364 g/mol. The van der Waals surface area contributed by atoms with E-state index < -0.39 is 0 Å². The first kappa shape index (κ1) is 18.3. The van der Waals surface area contributed by atoms with E-state index in [1.807, 2.05) is 49.4 Å². The van der Waals surface area contributed by atoms with Crippen LogP contribution in [0.25, 0.3) is 16.7 Å². The van der Waals surface area contributed by atoms with Crippen LogP contribution in [0.1, 0.15) is 16.2 Å². The summed E-state index contributed by atoms with van der Waals surface area (Å²) in [5, 5.41) is 11.4. The molecule has 0 saturated heterocycles. The third-order valence-electron chi connectivity index (χ3n) is 4.51. The molecule has 0 radical (unpaired) electrons. The van der Waals surface area contributed by atoms with Gasteiger partial charge in [0.15, 0.2) is 6.61 Å². The quantitative estimate of drug-likeness (QED) is 0.551. The molecule has 1 N–H and O–H groups in total. The smallest absolute Gasteiger partial charge is 0.255 e. The average molecular weight is 382 g/mol. The lowest BCUT2D eigenvalue weighted by Crippen LogP contribution is -2.11. The summed E-state index contributed by atoms with van der Waals surface area (Å²) in [7, 11) is 0. The van der Waals surface area contributed by atoms with Gasteiger partial charge in [-0.3, -0.25) is 9.36 Å². The molecule has 0 atom stereocenters. The van der Waals surface area contributed by atoms with Gasteiger partial charge >= 0.3 is 0 Å². The van der Waals surface area contributed by atoms with Gasteiger partial charge in [-0.2, -0.15) is 5.26 Å². The molecule has 0 spiro atoms. The number of imidazole rings is 1. The zero-order valence-electron chi connectivity index (χ0n) is 15.8. The molecule has 0 aliphatic carbocycles. The van der Waals surface area contributed by atoms with Crippen LogP contribution in [0, 0.1) is 18.3 Å². The van der Waals surface area contributed by atoms with Gasteiger partial charge in [-0.15, -0.1) is 0 Å². The molecule has 6 heteroatoms. The van der Waals surface area contributed by atoms with E-state index in [1.165, 1.54) is 0 Å². The lowest BCUT2D eigenvalue weighted by atomic mass is 10.1. The minimum absolute atomic E-state index is 0.0131. The molecule has 4 rings (SSSR count). The number of nitrogens with one attached hydrogen (secondary N) is 1. The van der Waals surface area contributed by atoms with Crippen molar-refractivity contribution in [1.29, 1.82) is 5.26 Å². The van der Waals surface area contributed by atoms with Crippen molar-refractivity contribution in [3.8, 4) is 17.5 Å². The van der Waals surface area contributed by atoms with Crippen molar-refractivity contribution in [3.63, 3.8) is 0 Å². The van der Waals surface area contributed by atoms with Crippen LogP contribution in [0.2, 0.25) is 0 Å². The second kappa shape index (κ2) is 7.87. The number of hydrogen-bond donors (Lipinski definition) is 1. The molecule has 0 unspecified atom stereocenters. The number of carbonyl (C=O) groups is 1. The number of aromatic nitrogens is 2. The highest BCUT2D eigenvalue weighted by Crippen LogP contribution is 2.23. The molecule has 0 aliphatic rings. The van der Waals surface area contributed by atoms with Crippen molar-refractivity contribution in [2.24, 2.45) is 0 Å². The molecule has 1 amide bonds. The standard InChI is InChI=1S/C23H18N4O2/c1-16-25-21-15-17(7-12-22(21)27(16)19-5-3-2-4-6-19)23(28)26-18-8-10-20(11-9-18)29-14-13-24/h2-12,15H,14H2,1H3,(H,26,28). The molecular formula is C23H18N4O2. The Hall–Kier alpha value is -4.11. The van der Waals surface area contributed by atoms with Crippen LogP contribution in [0.4, 0.5) is 5.69 Å². The molecule has 0 saturated carbocycles. The number of ether oxygens (including phenoxy) is 1. The third kappa shape index (κ3) is 3.80. The SMILES string of the molecule is Cc1nc2cc(C(=O)Nc3ccc(OCC#N)cc3)ccc2n1-c1ccccc1. The van der Waals surface area contributed by atoms with Crippen LogP contribution in [0.3, 0.4) is 0 Å². The van der Waals surface area contributed by atoms with Crippen molar-refractivity contribution >= 4 is 22.6 Å². The number of anilines is 1. The minimum atomic E-state index is -0.218. The molecule has 4 aromatic rings. The van der Waals surface area contributed by atoms with Gasteiger partial charge in [0.2, 0.25) is 0 Å². The molecule has 0 bridgehead atoms. The number of fused-ring (bicyclic) bond motifs is 1. The van der Waals surface area contributed by atoms with Crippen molar-refractivity contribution in [2.75, 3.05) is 11.9 Å². The van der Waals surface area contributed by atoms with Crippen LogP contribution >= 0.6 is 0 Å². The average Bonchev–Trinajstić information content (AvgIpc) is 3.08. The maximum atomic E-state index is 12.7. The summed E-state index contributed by atoms with van der Waals surface area (Å²) in [6, 6.07) is 24.3. The first-order valence-electron chi connectivity index (χ1n) is 9.11. The molecule has 0 aliphatic heterocycles. The van der Waals surface area contributed by atoms with E-state index in [0.717, 1.165) is 22.5 Å². The van der Waals surface area contributed by atoms with Crippen molar-refractivity contribution in [1.82, 2.24) is 9.55 Å². The van der Waals surface area contributed by atoms with Crippen LogP contribution in [0.15, 0.2) is 72.8 Å². The Kier molecular flexibility index (Phi) is 4.95. The molecule has 1 heterocycles. The number of nitrogens with zero attached hydrogens (tertiary/aromatic N) is 3. The summed E-state index contributed by atoms with van der Waals surface area (Å²) in [6.45, 7) is 1.93. The van der Waals surface area contributed by atoms with Crippen LogP contribution < -0.4 is 10.1 Å². The van der Waals surface area contributed by atoms with Gasteiger partial charge in [-0.05, 0) is 61.5 Å². The summed E-state index contributed by atoms with van der Waals surface area (Å²) in [5.74, 6) is 1.22. The monoisotopic (exact) mass is 382 g/mol. The predicted octanol–water partition coefficient (Wildman–Crippen LogP) is 4.49. The zero-order valence-corrected chi connectivity index (χ0v) is 15.8. The Balaban J connectivity index is 1.57. The lowest BCUT2D eigenvalue weighted by molar-refractivity contribution is 0.102. The van der Waals surface area contributed by atoms with Gasteiger partial charge in [-0.25, -0.2) is 4.98 Å². The zero-order chi connectivity index (χ0) is 20.2.